The van der Waals surface area contributed by atoms with Crippen molar-refractivity contribution in [2.24, 2.45) is 17.8 Å². The summed E-state index contributed by atoms with van der Waals surface area (Å²) in [5, 5.41) is 5.80. The largest absolute Gasteiger partial charge is 0.308 e. The first kappa shape index (κ1) is 10.7. The van der Waals surface area contributed by atoms with E-state index in [0.29, 0.717) is 6.04 Å². The van der Waals surface area contributed by atoms with Crippen LogP contribution in [-0.4, -0.2) is 11.0 Å². The molecule has 1 heterocycles. The molecule has 2 saturated carbocycles. The first-order valence-electron chi connectivity index (χ1n) is 6.43. The van der Waals surface area contributed by atoms with E-state index in [1.807, 2.05) is 5.51 Å². The Morgan fingerprint density at radius 2 is 2.44 bits per heavy atom. The van der Waals surface area contributed by atoms with Gasteiger partial charge in [-0.05, 0) is 43.9 Å². The fraction of sp³-hybridized carbons (Fsp3) is 0.769. The highest BCUT2D eigenvalue weighted by Gasteiger charge is 2.41. The van der Waals surface area contributed by atoms with E-state index in [0.717, 1.165) is 24.3 Å². The van der Waals surface area contributed by atoms with E-state index in [1.165, 1.54) is 31.4 Å². The van der Waals surface area contributed by atoms with Crippen LogP contribution >= 0.6 is 11.3 Å². The molecule has 0 aliphatic heterocycles. The molecule has 0 radical (unpaired) electrons. The second kappa shape index (κ2) is 4.46. The van der Waals surface area contributed by atoms with E-state index < -0.39 is 0 Å². The lowest BCUT2D eigenvalue weighted by atomic mass is 9.84. The summed E-state index contributed by atoms with van der Waals surface area (Å²) >= 11 is 1.68. The number of fused-ring (bicyclic) bond motifs is 2. The van der Waals surface area contributed by atoms with Gasteiger partial charge < -0.3 is 5.32 Å². The van der Waals surface area contributed by atoms with Gasteiger partial charge in [-0.3, -0.25) is 0 Å². The maximum Gasteiger partial charge on any atom is 0.0795 e. The van der Waals surface area contributed by atoms with Gasteiger partial charge >= 0.3 is 0 Å². The summed E-state index contributed by atoms with van der Waals surface area (Å²) in [7, 11) is 0. The summed E-state index contributed by atoms with van der Waals surface area (Å²) in [4.78, 5) is 4.32. The van der Waals surface area contributed by atoms with Gasteiger partial charge in [-0.15, -0.1) is 11.3 Å². The third kappa shape index (κ3) is 2.03. The molecule has 2 fully saturated rings. The standard InChI is InChI=1S/C13H20N2S/c1-9(14-6-12-7-16-8-15-12)13-5-10-2-3-11(13)4-10/h7-11,13-14H,2-6H2,1H3. The van der Waals surface area contributed by atoms with Gasteiger partial charge in [0.15, 0.2) is 0 Å². The van der Waals surface area contributed by atoms with E-state index in [-0.39, 0.29) is 0 Å². The molecule has 88 valence electrons. The second-order valence-corrected chi connectivity index (χ2v) is 6.21. The fourth-order valence-electron chi connectivity index (χ4n) is 3.65. The number of aromatic nitrogens is 1. The average molecular weight is 236 g/mol. The second-order valence-electron chi connectivity index (χ2n) is 5.49. The maximum atomic E-state index is 4.32. The summed E-state index contributed by atoms with van der Waals surface area (Å²) < 4.78 is 0. The van der Waals surface area contributed by atoms with Crippen LogP contribution in [0.5, 0.6) is 0 Å². The Morgan fingerprint density at radius 1 is 1.50 bits per heavy atom. The van der Waals surface area contributed by atoms with Crippen molar-refractivity contribution < 1.29 is 0 Å². The minimum atomic E-state index is 0.664. The molecule has 2 aliphatic carbocycles. The smallest absolute Gasteiger partial charge is 0.0795 e. The molecule has 3 rings (SSSR count). The summed E-state index contributed by atoms with van der Waals surface area (Å²) in [6.07, 6.45) is 5.96. The molecule has 0 amide bonds. The molecular formula is C13H20N2S. The number of nitrogens with one attached hydrogen (secondary N) is 1. The Hall–Kier alpha value is -0.410. The molecule has 1 N–H and O–H groups in total. The molecule has 2 bridgehead atoms. The number of thiazole rings is 1. The Balaban J connectivity index is 1.52. The van der Waals surface area contributed by atoms with Crippen LogP contribution in [0.25, 0.3) is 0 Å². The first-order valence-corrected chi connectivity index (χ1v) is 7.37. The Bertz CT molecular complexity index is 336. The molecule has 16 heavy (non-hydrogen) atoms. The maximum absolute atomic E-state index is 4.32. The van der Waals surface area contributed by atoms with Gasteiger partial charge in [-0.25, -0.2) is 4.98 Å². The minimum Gasteiger partial charge on any atom is -0.308 e. The van der Waals surface area contributed by atoms with Crippen LogP contribution in [0.15, 0.2) is 10.9 Å². The van der Waals surface area contributed by atoms with Crippen LogP contribution in [-0.2, 0) is 6.54 Å². The number of rotatable bonds is 4. The Labute approximate surface area is 101 Å². The highest BCUT2D eigenvalue weighted by Crippen LogP contribution is 2.49. The van der Waals surface area contributed by atoms with Crippen molar-refractivity contribution in [2.45, 2.75) is 45.2 Å². The molecular weight excluding hydrogens is 216 g/mol. The van der Waals surface area contributed by atoms with E-state index in [2.05, 4.69) is 22.6 Å². The van der Waals surface area contributed by atoms with Crippen molar-refractivity contribution in [1.82, 2.24) is 10.3 Å². The highest BCUT2D eigenvalue weighted by atomic mass is 32.1. The van der Waals surface area contributed by atoms with Crippen molar-refractivity contribution in [2.75, 3.05) is 0 Å². The lowest BCUT2D eigenvalue weighted by Crippen LogP contribution is -2.35. The zero-order valence-corrected chi connectivity index (χ0v) is 10.7. The topological polar surface area (TPSA) is 24.9 Å². The Morgan fingerprint density at radius 3 is 3.06 bits per heavy atom. The molecule has 0 aromatic carbocycles. The number of nitrogens with zero attached hydrogens (tertiary/aromatic N) is 1. The van der Waals surface area contributed by atoms with Gasteiger partial charge in [0.2, 0.25) is 0 Å². The molecule has 2 nitrogen and oxygen atoms in total. The van der Waals surface area contributed by atoms with E-state index in [1.54, 1.807) is 11.3 Å². The lowest BCUT2D eigenvalue weighted by molar-refractivity contribution is 0.259. The normalized spacial score (nSPS) is 34.4. The van der Waals surface area contributed by atoms with Crippen LogP contribution in [0.4, 0.5) is 0 Å². The monoisotopic (exact) mass is 236 g/mol. The van der Waals surface area contributed by atoms with Crippen LogP contribution in [0, 0.1) is 17.8 Å². The molecule has 0 saturated heterocycles. The van der Waals surface area contributed by atoms with Gasteiger partial charge in [0, 0.05) is 18.0 Å². The van der Waals surface area contributed by atoms with Gasteiger partial charge in [0.25, 0.3) is 0 Å². The van der Waals surface area contributed by atoms with Crippen molar-refractivity contribution in [3.05, 3.63) is 16.6 Å². The molecule has 1 aromatic heterocycles. The van der Waals surface area contributed by atoms with Gasteiger partial charge in [-0.1, -0.05) is 6.42 Å². The van der Waals surface area contributed by atoms with Gasteiger partial charge in [0.05, 0.1) is 11.2 Å². The molecule has 4 unspecified atom stereocenters. The summed E-state index contributed by atoms with van der Waals surface area (Å²) in [6, 6.07) is 0.664. The van der Waals surface area contributed by atoms with Crippen LogP contribution < -0.4 is 5.32 Å². The van der Waals surface area contributed by atoms with Crippen LogP contribution in [0.1, 0.15) is 38.3 Å². The molecule has 0 spiro atoms. The summed E-state index contributed by atoms with van der Waals surface area (Å²) in [5.74, 6) is 3.00. The zero-order valence-electron chi connectivity index (χ0n) is 9.86. The highest BCUT2D eigenvalue weighted by molar-refractivity contribution is 7.07. The third-order valence-corrected chi connectivity index (χ3v) is 5.16. The summed E-state index contributed by atoms with van der Waals surface area (Å²) in [6.45, 7) is 3.30. The third-order valence-electron chi connectivity index (χ3n) is 4.52. The predicted octanol–water partition coefficient (Wildman–Crippen LogP) is 3.06. The Kier molecular flexibility index (Phi) is 2.99. The first-order chi connectivity index (χ1) is 7.83. The van der Waals surface area contributed by atoms with Crippen LogP contribution in [0.3, 0.4) is 0 Å². The predicted molar refractivity (Wildman–Crippen MR) is 67.4 cm³/mol. The van der Waals surface area contributed by atoms with E-state index in [4.69, 9.17) is 0 Å². The van der Waals surface area contributed by atoms with Crippen molar-refractivity contribution in [3.8, 4) is 0 Å². The quantitative estimate of drug-likeness (QED) is 0.869. The van der Waals surface area contributed by atoms with Crippen molar-refractivity contribution in [1.29, 1.82) is 0 Å². The summed E-state index contributed by atoms with van der Waals surface area (Å²) in [5.41, 5.74) is 3.11. The average Bonchev–Trinajstić information content (AvgIpc) is 3.01. The van der Waals surface area contributed by atoms with Gasteiger partial charge in [-0.2, -0.15) is 0 Å². The SMILES string of the molecule is CC(NCc1cscn1)C1CC2CCC1C2. The van der Waals surface area contributed by atoms with Crippen molar-refractivity contribution >= 4 is 11.3 Å². The molecule has 4 atom stereocenters. The fourth-order valence-corrected chi connectivity index (χ4v) is 4.21. The number of hydrogen-bond donors (Lipinski definition) is 1. The zero-order chi connectivity index (χ0) is 11.0. The van der Waals surface area contributed by atoms with Gasteiger partial charge in [0.1, 0.15) is 0 Å². The minimum absolute atomic E-state index is 0.664. The van der Waals surface area contributed by atoms with Crippen LogP contribution in [0.2, 0.25) is 0 Å². The molecule has 3 heteroatoms. The van der Waals surface area contributed by atoms with Crippen molar-refractivity contribution in [3.63, 3.8) is 0 Å². The molecule has 2 aliphatic rings. The molecule has 1 aromatic rings. The van der Waals surface area contributed by atoms with E-state index >= 15 is 0 Å². The number of hydrogen-bond acceptors (Lipinski definition) is 3. The lowest BCUT2D eigenvalue weighted by Gasteiger charge is -2.28. The van der Waals surface area contributed by atoms with E-state index in [9.17, 15) is 0 Å².